The summed E-state index contributed by atoms with van der Waals surface area (Å²) < 4.78 is 44.4. The molecule has 2 atom stereocenters. The van der Waals surface area contributed by atoms with Crippen LogP contribution in [0.2, 0.25) is 0 Å². The summed E-state index contributed by atoms with van der Waals surface area (Å²) >= 11 is 0. The van der Waals surface area contributed by atoms with Gasteiger partial charge in [0.2, 0.25) is 0 Å². The highest BCUT2D eigenvalue weighted by Crippen LogP contribution is 2.51. The Kier molecular flexibility index (Phi) is 5.06. The van der Waals surface area contributed by atoms with E-state index in [-0.39, 0.29) is 12.2 Å². The minimum atomic E-state index is -4.41. The van der Waals surface area contributed by atoms with Crippen LogP contribution in [0.25, 0.3) is 0 Å². The predicted octanol–water partition coefficient (Wildman–Crippen LogP) is 4.38. The Labute approximate surface area is 143 Å². The number of aryl methyl sites for hydroxylation is 1. The summed E-state index contributed by atoms with van der Waals surface area (Å²) in [5.41, 5.74) is 0.584. The molecule has 25 heavy (non-hydrogen) atoms. The second-order valence-electron chi connectivity index (χ2n) is 6.17. The van der Waals surface area contributed by atoms with E-state index in [0.717, 1.165) is 18.1 Å². The van der Waals surface area contributed by atoms with Crippen LogP contribution in [0.15, 0.2) is 48.8 Å². The first kappa shape index (κ1) is 17.5. The monoisotopic (exact) mass is 349 g/mol. The molecule has 0 saturated heterocycles. The lowest BCUT2D eigenvalue weighted by Gasteiger charge is -2.12. The maximum absolute atomic E-state index is 13.1. The van der Waals surface area contributed by atoms with Gasteiger partial charge in [0, 0.05) is 12.4 Å². The molecule has 132 valence electrons. The molecular formula is C19H18F3NO2. The quantitative estimate of drug-likeness (QED) is 0.574. The van der Waals surface area contributed by atoms with Gasteiger partial charge in [0.15, 0.2) is 0 Å². The summed E-state index contributed by atoms with van der Waals surface area (Å²) in [4.78, 5) is 16.1. The van der Waals surface area contributed by atoms with Gasteiger partial charge in [-0.25, -0.2) is 0 Å². The number of alkyl halides is 3. The van der Waals surface area contributed by atoms with Crippen LogP contribution in [0, 0.1) is 5.92 Å². The molecule has 0 radical (unpaired) electrons. The number of hydrogen-bond acceptors (Lipinski definition) is 3. The van der Waals surface area contributed by atoms with Crippen LogP contribution in [0.5, 0.6) is 0 Å². The molecule has 1 aliphatic carbocycles. The van der Waals surface area contributed by atoms with Crippen molar-refractivity contribution in [3.63, 3.8) is 0 Å². The first-order chi connectivity index (χ1) is 12.0. The molecule has 3 nitrogen and oxygen atoms in total. The number of hydrogen-bond donors (Lipinski definition) is 0. The van der Waals surface area contributed by atoms with Crippen LogP contribution in [0.1, 0.15) is 35.4 Å². The minimum absolute atomic E-state index is 0.187. The normalized spacial score (nSPS) is 19.5. The summed E-state index contributed by atoms with van der Waals surface area (Å²) in [5.74, 6) is -1.28. The minimum Gasteiger partial charge on any atom is -0.465 e. The van der Waals surface area contributed by atoms with Gasteiger partial charge < -0.3 is 4.74 Å². The smallest absolute Gasteiger partial charge is 0.416 e. The SMILES string of the molecule is O=C(OCCCc1cccnc1)C1CC1c1ccccc1C(F)(F)F. The van der Waals surface area contributed by atoms with E-state index in [2.05, 4.69) is 4.98 Å². The third-order valence-corrected chi connectivity index (χ3v) is 4.34. The Morgan fingerprint density at radius 3 is 2.72 bits per heavy atom. The Balaban J connectivity index is 1.50. The molecule has 0 N–H and O–H groups in total. The molecule has 1 aromatic heterocycles. The lowest BCUT2D eigenvalue weighted by molar-refractivity contribution is -0.146. The Bertz CT molecular complexity index is 731. The highest BCUT2D eigenvalue weighted by molar-refractivity contribution is 5.77. The van der Waals surface area contributed by atoms with Crippen molar-refractivity contribution < 1.29 is 22.7 Å². The van der Waals surface area contributed by atoms with E-state index in [9.17, 15) is 18.0 Å². The average molecular weight is 349 g/mol. The largest absolute Gasteiger partial charge is 0.465 e. The van der Waals surface area contributed by atoms with Crippen LogP contribution >= 0.6 is 0 Å². The molecule has 1 aliphatic rings. The molecular weight excluding hydrogens is 331 g/mol. The third-order valence-electron chi connectivity index (χ3n) is 4.34. The number of esters is 1. The number of nitrogens with zero attached hydrogens (tertiary/aromatic N) is 1. The average Bonchev–Trinajstić information content (AvgIpc) is 3.39. The second kappa shape index (κ2) is 7.25. The van der Waals surface area contributed by atoms with E-state index in [4.69, 9.17) is 4.74 Å². The molecule has 6 heteroatoms. The molecule has 0 amide bonds. The summed E-state index contributed by atoms with van der Waals surface area (Å²) in [6, 6.07) is 9.22. The highest BCUT2D eigenvalue weighted by Gasteiger charge is 2.48. The maximum atomic E-state index is 13.1. The standard InChI is InChI=1S/C19H18F3NO2/c20-19(21,22)17-8-2-1-7-14(17)15-11-16(15)18(24)25-10-4-6-13-5-3-9-23-12-13/h1-3,5,7-9,12,15-16H,4,6,10-11H2. The molecule has 3 rings (SSSR count). The fourth-order valence-electron chi connectivity index (χ4n) is 2.98. The van der Waals surface area contributed by atoms with Gasteiger partial charge >= 0.3 is 12.1 Å². The molecule has 1 saturated carbocycles. The second-order valence-corrected chi connectivity index (χ2v) is 6.17. The summed E-state index contributed by atoms with van der Waals surface area (Å²) in [5, 5.41) is 0. The van der Waals surface area contributed by atoms with Crippen molar-refractivity contribution in [1.82, 2.24) is 4.98 Å². The molecule has 0 bridgehead atoms. The van der Waals surface area contributed by atoms with Crippen molar-refractivity contribution in [2.24, 2.45) is 5.92 Å². The fourth-order valence-corrected chi connectivity index (χ4v) is 2.98. The van der Waals surface area contributed by atoms with Gasteiger partial charge in [-0.05, 0) is 48.4 Å². The number of aromatic nitrogens is 1. The van der Waals surface area contributed by atoms with Crippen LogP contribution in [-0.4, -0.2) is 17.6 Å². The van der Waals surface area contributed by atoms with Gasteiger partial charge in [0.25, 0.3) is 0 Å². The van der Waals surface area contributed by atoms with Crippen molar-refractivity contribution >= 4 is 5.97 Å². The van der Waals surface area contributed by atoms with E-state index in [1.165, 1.54) is 12.1 Å². The molecule has 2 unspecified atom stereocenters. The predicted molar refractivity (Wildman–Crippen MR) is 85.8 cm³/mol. The van der Waals surface area contributed by atoms with Crippen molar-refractivity contribution in [2.45, 2.75) is 31.4 Å². The van der Waals surface area contributed by atoms with E-state index in [1.807, 2.05) is 12.1 Å². The van der Waals surface area contributed by atoms with Crippen LogP contribution in [0.4, 0.5) is 13.2 Å². The maximum Gasteiger partial charge on any atom is 0.416 e. The first-order valence-electron chi connectivity index (χ1n) is 8.18. The molecule has 1 heterocycles. The van der Waals surface area contributed by atoms with Gasteiger partial charge in [-0.15, -0.1) is 0 Å². The Morgan fingerprint density at radius 2 is 2.00 bits per heavy atom. The van der Waals surface area contributed by atoms with Gasteiger partial charge in [0.1, 0.15) is 0 Å². The zero-order chi connectivity index (χ0) is 17.9. The van der Waals surface area contributed by atoms with E-state index < -0.39 is 29.5 Å². The zero-order valence-corrected chi connectivity index (χ0v) is 13.5. The number of rotatable bonds is 6. The summed E-state index contributed by atoms with van der Waals surface area (Å²) in [6.45, 7) is 0.262. The number of pyridine rings is 1. The molecule has 1 fully saturated rings. The van der Waals surface area contributed by atoms with Gasteiger partial charge in [0.05, 0.1) is 18.1 Å². The first-order valence-corrected chi connectivity index (χ1v) is 8.18. The van der Waals surface area contributed by atoms with Gasteiger partial charge in [-0.2, -0.15) is 13.2 Å². The van der Waals surface area contributed by atoms with E-state index >= 15 is 0 Å². The number of ether oxygens (including phenoxy) is 1. The van der Waals surface area contributed by atoms with E-state index in [1.54, 1.807) is 18.5 Å². The van der Waals surface area contributed by atoms with E-state index in [0.29, 0.717) is 12.8 Å². The number of benzene rings is 1. The summed E-state index contributed by atoms with van der Waals surface area (Å²) in [7, 11) is 0. The lowest BCUT2D eigenvalue weighted by Crippen LogP contribution is -2.12. The lowest BCUT2D eigenvalue weighted by atomic mass is 10.0. The van der Waals surface area contributed by atoms with Crippen molar-refractivity contribution in [2.75, 3.05) is 6.61 Å². The molecule has 0 spiro atoms. The summed E-state index contributed by atoms with van der Waals surface area (Å²) in [6.07, 6.45) is 0.855. The Hall–Kier alpha value is -2.37. The van der Waals surface area contributed by atoms with Crippen molar-refractivity contribution in [3.8, 4) is 0 Å². The number of carbonyl (C=O) groups is 1. The van der Waals surface area contributed by atoms with Crippen LogP contribution in [-0.2, 0) is 22.1 Å². The number of carbonyl (C=O) groups excluding carboxylic acids is 1. The van der Waals surface area contributed by atoms with Crippen LogP contribution in [0.3, 0.4) is 0 Å². The van der Waals surface area contributed by atoms with Gasteiger partial charge in [-0.3, -0.25) is 9.78 Å². The third kappa shape index (κ3) is 4.38. The molecule has 1 aromatic carbocycles. The Morgan fingerprint density at radius 1 is 1.20 bits per heavy atom. The zero-order valence-electron chi connectivity index (χ0n) is 13.5. The van der Waals surface area contributed by atoms with Crippen LogP contribution < -0.4 is 0 Å². The van der Waals surface area contributed by atoms with Crippen molar-refractivity contribution in [1.29, 1.82) is 0 Å². The fraction of sp³-hybridized carbons (Fsp3) is 0.368. The molecule has 2 aromatic rings. The number of halogens is 3. The topological polar surface area (TPSA) is 39.2 Å². The van der Waals surface area contributed by atoms with Gasteiger partial charge in [-0.1, -0.05) is 24.3 Å². The van der Waals surface area contributed by atoms with Crippen molar-refractivity contribution in [3.05, 3.63) is 65.5 Å². The molecule has 0 aliphatic heterocycles. The highest BCUT2D eigenvalue weighted by atomic mass is 19.4.